The third-order valence-electron chi connectivity index (χ3n) is 3.12. The van der Waals surface area contributed by atoms with Crippen LogP contribution in [0.2, 0.25) is 0 Å². The Bertz CT molecular complexity index is 663. The van der Waals surface area contributed by atoms with Gasteiger partial charge >= 0.3 is 0 Å². The van der Waals surface area contributed by atoms with Crippen molar-refractivity contribution in [3.05, 3.63) is 53.6 Å². The minimum absolute atomic E-state index is 1.04. The number of nitrogens with one attached hydrogen (secondary N) is 1. The zero-order valence-electron chi connectivity index (χ0n) is 9.99. The minimum Gasteiger partial charge on any atom is -0.277 e. The monoisotopic (exact) mass is 222 g/mol. The highest BCUT2D eigenvalue weighted by molar-refractivity contribution is 5.95. The van der Waals surface area contributed by atoms with E-state index in [0.29, 0.717) is 0 Å². The highest BCUT2D eigenvalue weighted by Crippen LogP contribution is 2.28. The van der Waals surface area contributed by atoms with E-state index >= 15 is 0 Å². The number of aromatic amines is 1. The Morgan fingerprint density at radius 1 is 0.941 bits per heavy atom. The van der Waals surface area contributed by atoms with Crippen LogP contribution >= 0.6 is 0 Å². The minimum atomic E-state index is 1.04. The van der Waals surface area contributed by atoms with Gasteiger partial charge in [-0.2, -0.15) is 5.10 Å². The summed E-state index contributed by atoms with van der Waals surface area (Å²) in [5.41, 5.74) is 5.83. The maximum atomic E-state index is 4.43. The zero-order chi connectivity index (χ0) is 11.8. The molecule has 0 saturated heterocycles. The summed E-state index contributed by atoms with van der Waals surface area (Å²) in [5, 5.41) is 8.74. The maximum absolute atomic E-state index is 4.43. The molecular formula is C15H14N2. The Hall–Kier alpha value is -2.09. The number of aromatic nitrogens is 2. The van der Waals surface area contributed by atoms with Crippen LogP contribution in [0.1, 0.15) is 11.1 Å². The molecule has 0 aliphatic carbocycles. The van der Waals surface area contributed by atoms with Crippen LogP contribution in [0.25, 0.3) is 22.2 Å². The van der Waals surface area contributed by atoms with E-state index in [1.807, 2.05) is 0 Å². The average Bonchev–Trinajstić information content (AvgIpc) is 2.75. The highest BCUT2D eigenvalue weighted by Gasteiger charge is 2.09. The first-order chi connectivity index (χ1) is 8.25. The second kappa shape index (κ2) is 3.74. The number of hydrogen-bond acceptors (Lipinski definition) is 1. The van der Waals surface area contributed by atoms with Crippen LogP contribution in [0.5, 0.6) is 0 Å². The normalized spacial score (nSPS) is 10.9. The van der Waals surface area contributed by atoms with Gasteiger partial charge in [0, 0.05) is 10.9 Å². The van der Waals surface area contributed by atoms with E-state index in [9.17, 15) is 0 Å². The summed E-state index contributed by atoms with van der Waals surface area (Å²) in [7, 11) is 0. The number of benzene rings is 2. The van der Waals surface area contributed by atoms with E-state index < -0.39 is 0 Å². The Kier molecular flexibility index (Phi) is 2.22. The van der Waals surface area contributed by atoms with Gasteiger partial charge < -0.3 is 0 Å². The van der Waals surface area contributed by atoms with Crippen LogP contribution in [0.15, 0.2) is 42.5 Å². The zero-order valence-corrected chi connectivity index (χ0v) is 9.99. The fourth-order valence-corrected chi connectivity index (χ4v) is 2.17. The summed E-state index contributed by atoms with van der Waals surface area (Å²) in [4.78, 5) is 0. The number of nitrogens with zero attached hydrogens (tertiary/aromatic N) is 1. The maximum Gasteiger partial charge on any atom is 0.100 e. The van der Waals surface area contributed by atoms with Gasteiger partial charge in [-0.05, 0) is 25.5 Å². The van der Waals surface area contributed by atoms with Gasteiger partial charge in [-0.25, -0.2) is 0 Å². The smallest absolute Gasteiger partial charge is 0.100 e. The number of rotatable bonds is 1. The molecule has 1 N–H and O–H groups in total. The first-order valence-corrected chi connectivity index (χ1v) is 5.76. The van der Waals surface area contributed by atoms with Crippen LogP contribution in [0.3, 0.4) is 0 Å². The quantitative estimate of drug-likeness (QED) is 0.665. The lowest BCUT2D eigenvalue weighted by Gasteiger charge is -2.01. The molecule has 0 aliphatic rings. The van der Waals surface area contributed by atoms with Gasteiger partial charge in [0.15, 0.2) is 0 Å². The lowest BCUT2D eigenvalue weighted by Crippen LogP contribution is -1.81. The van der Waals surface area contributed by atoms with Crippen molar-refractivity contribution < 1.29 is 0 Å². The van der Waals surface area contributed by atoms with Crippen molar-refractivity contribution in [2.24, 2.45) is 0 Å². The lowest BCUT2D eigenvalue weighted by atomic mass is 10.0. The molecule has 0 atom stereocenters. The summed E-state index contributed by atoms with van der Waals surface area (Å²) in [6, 6.07) is 14.7. The van der Waals surface area contributed by atoms with E-state index in [4.69, 9.17) is 0 Å². The molecule has 2 aromatic carbocycles. The molecule has 17 heavy (non-hydrogen) atoms. The molecule has 3 rings (SSSR count). The SMILES string of the molecule is Cc1ccc(-c2n[nH]c3cccc(C)c23)cc1. The first-order valence-electron chi connectivity index (χ1n) is 5.76. The Morgan fingerprint density at radius 2 is 1.71 bits per heavy atom. The second-order valence-corrected chi connectivity index (χ2v) is 4.44. The average molecular weight is 222 g/mol. The summed E-state index contributed by atoms with van der Waals surface area (Å²) in [6.07, 6.45) is 0. The Balaban J connectivity index is 2.27. The number of aryl methyl sites for hydroxylation is 2. The molecule has 0 bridgehead atoms. The van der Waals surface area contributed by atoms with Gasteiger partial charge in [-0.1, -0.05) is 42.0 Å². The third-order valence-corrected chi connectivity index (χ3v) is 3.12. The Labute approximate surface area is 100 Å². The molecule has 0 amide bonds. The van der Waals surface area contributed by atoms with Crippen LogP contribution in [0, 0.1) is 13.8 Å². The fraction of sp³-hybridized carbons (Fsp3) is 0.133. The van der Waals surface area contributed by atoms with Crippen molar-refractivity contribution in [1.82, 2.24) is 10.2 Å². The van der Waals surface area contributed by atoms with E-state index in [0.717, 1.165) is 16.8 Å². The second-order valence-electron chi connectivity index (χ2n) is 4.44. The molecule has 0 saturated carbocycles. The molecule has 3 aromatic rings. The lowest BCUT2D eigenvalue weighted by molar-refractivity contribution is 1.12. The van der Waals surface area contributed by atoms with E-state index in [-0.39, 0.29) is 0 Å². The number of H-pyrrole nitrogens is 1. The topological polar surface area (TPSA) is 28.7 Å². The molecule has 0 fully saturated rings. The van der Waals surface area contributed by atoms with Gasteiger partial charge in [0.1, 0.15) is 5.69 Å². The van der Waals surface area contributed by atoms with Crippen LogP contribution in [0.4, 0.5) is 0 Å². The molecule has 1 aromatic heterocycles. The van der Waals surface area contributed by atoms with Gasteiger partial charge in [-0.15, -0.1) is 0 Å². The molecule has 0 radical (unpaired) electrons. The predicted octanol–water partition coefficient (Wildman–Crippen LogP) is 3.85. The van der Waals surface area contributed by atoms with E-state index in [1.54, 1.807) is 0 Å². The number of fused-ring (bicyclic) bond motifs is 1. The van der Waals surface area contributed by atoms with Crippen molar-refractivity contribution in [1.29, 1.82) is 0 Å². The largest absolute Gasteiger partial charge is 0.277 e. The first kappa shape index (κ1) is 10.1. The molecule has 2 nitrogen and oxygen atoms in total. The molecule has 1 heterocycles. The van der Waals surface area contributed by atoms with Crippen LogP contribution in [-0.4, -0.2) is 10.2 Å². The van der Waals surface area contributed by atoms with Crippen molar-refractivity contribution in [3.8, 4) is 11.3 Å². The van der Waals surface area contributed by atoms with E-state index in [1.165, 1.54) is 16.5 Å². The van der Waals surface area contributed by atoms with Gasteiger partial charge in [0.25, 0.3) is 0 Å². The van der Waals surface area contributed by atoms with Crippen molar-refractivity contribution >= 4 is 10.9 Å². The fourth-order valence-electron chi connectivity index (χ4n) is 2.17. The molecule has 0 spiro atoms. The van der Waals surface area contributed by atoms with Crippen molar-refractivity contribution in [2.45, 2.75) is 13.8 Å². The Morgan fingerprint density at radius 3 is 2.47 bits per heavy atom. The highest BCUT2D eigenvalue weighted by atomic mass is 15.1. The molecule has 0 aliphatic heterocycles. The summed E-state index contributed by atoms with van der Waals surface area (Å²) in [5.74, 6) is 0. The molecule has 2 heteroatoms. The molecule has 0 unspecified atom stereocenters. The predicted molar refractivity (Wildman–Crippen MR) is 71.0 cm³/mol. The van der Waals surface area contributed by atoms with Gasteiger partial charge in [0.2, 0.25) is 0 Å². The standard InChI is InChI=1S/C15H14N2/c1-10-6-8-12(9-7-10)15-14-11(2)4-3-5-13(14)16-17-15/h3-9H,1-2H3,(H,16,17). The number of hydrogen-bond donors (Lipinski definition) is 1. The van der Waals surface area contributed by atoms with Crippen molar-refractivity contribution in [3.63, 3.8) is 0 Å². The van der Waals surface area contributed by atoms with Gasteiger partial charge in [0.05, 0.1) is 5.52 Å². The molecule has 84 valence electrons. The summed E-state index contributed by atoms with van der Waals surface area (Å²) < 4.78 is 0. The summed E-state index contributed by atoms with van der Waals surface area (Å²) in [6.45, 7) is 4.22. The van der Waals surface area contributed by atoms with Crippen LogP contribution < -0.4 is 0 Å². The van der Waals surface area contributed by atoms with E-state index in [2.05, 4.69) is 66.5 Å². The van der Waals surface area contributed by atoms with Crippen LogP contribution in [-0.2, 0) is 0 Å². The third kappa shape index (κ3) is 1.62. The summed E-state index contributed by atoms with van der Waals surface area (Å²) >= 11 is 0. The van der Waals surface area contributed by atoms with Crippen molar-refractivity contribution in [2.75, 3.05) is 0 Å². The molecular weight excluding hydrogens is 208 g/mol. The van der Waals surface area contributed by atoms with Gasteiger partial charge in [-0.3, -0.25) is 5.10 Å².